The highest BCUT2D eigenvalue weighted by Crippen LogP contribution is 2.23. The number of hydrogen-bond acceptors (Lipinski definition) is 2. The van der Waals surface area contributed by atoms with Crippen molar-refractivity contribution in [3.63, 3.8) is 0 Å². The van der Waals surface area contributed by atoms with Gasteiger partial charge in [-0.05, 0) is 53.6 Å². The number of nitrogens with one attached hydrogen (secondary N) is 2. The molecule has 0 bridgehead atoms. The average molecular weight is 342 g/mol. The molecule has 0 fully saturated rings. The van der Waals surface area contributed by atoms with E-state index < -0.39 is 12.2 Å². The Morgan fingerprint density at radius 2 is 1.20 bits per heavy atom. The van der Waals surface area contributed by atoms with Gasteiger partial charge >= 0.3 is 12.2 Å². The second-order valence-corrected chi connectivity index (χ2v) is 5.73. The fraction of sp³-hybridized carbons (Fsp3) is 0.263. The van der Waals surface area contributed by atoms with Gasteiger partial charge in [-0.2, -0.15) is 0 Å². The summed E-state index contributed by atoms with van der Waals surface area (Å²) < 4.78 is 0. The van der Waals surface area contributed by atoms with E-state index in [0.29, 0.717) is 17.8 Å². The van der Waals surface area contributed by atoms with Gasteiger partial charge in [-0.3, -0.25) is 10.6 Å². The third-order valence-electron chi connectivity index (χ3n) is 3.99. The highest BCUT2D eigenvalue weighted by molar-refractivity contribution is 5.84. The predicted molar refractivity (Wildman–Crippen MR) is 97.7 cm³/mol. The molecule has 0 aromatic heterocycles. The van der Waals surface area contributed by atoms with E-state index in [9.17, 15) is 9.59 Å². The number of hydrogen-bond donors (Lipinski definition) is 4. The molecule has 6 nitrogen and oxygen atoms in total. The number of carbonyl (C=O) groups is 2. The molecule has 2 amide bonds. The van der Waals surface area contributed by atoms with E-state index in [-0.39, 0.29) is 0 Å². The summed E-state index contributed by atoms with van der Waals surface area (Å²) in [6, 6.07) is 11.4. The lowest BCUT2D eigenvalue weighted by atomic mass is 9.98. The lowest BCUT2D eigenvalue weighted by Gasteiger charge is -2.12. The zero-order chi connectivity index (χ0) is 18.4. The summed E-state index contributed by atoms with van der Waals surface area (Å²) in [6.07, 6.45) is 0.00451. The van der Waals surface area contributed by atoms with Gasteiger partial charge in [-0.25, -0.2) is 9.59 Å². The molecule has 0 radical (unpaired) electrons. The number of anilines is 2. The SMILES string of the molecule is CCc1cc(Cc2ccc(NC(=O)O)c(CC)c2)ccc1NC(=O)O. The highest BCUT2D eigenvalue weighted by atomic mass is 16.4. The van der Waals surface area contributed by atoms with Crippen LogP contribution in [0.4, 0.5) is 21.0 Å². The molecular weight excluding hydrogens is 320 g/mol. The van der Waals surface area contributed by atoms with Gasteiger partial charge < -0.3 is 10.2 Å². The van der Waals surface area contributed by atoms with Crippen LogP contribution in [0.5, 0.6) is 0 Å². The van der Waals surface area contributed by atoms with Gasteiger partial charge in [0.15, 0.2) is 0 Å². The summed E-state index contributed by atoms with van der Waals surface area (Å²) in [5, 5.41) is 22.6. The molecule has 0 spiro atoms. The molecule has 0 unspecified atom stereocenters. The van der Waals surface area contributed by atoms with Crippen molar-refractivity contribution in [1.29, 1.82) is 0 Å². The molecule has 2 aromatic rings. The fourth-order valence-corrected chi connectivity index (χ4v) is 2.81. The molecule has 0 atom stereocenters. The molecule has 0 aliphatic carbocycles. The summed E-state index contributed by atoms with van der Waals surface area (Å²) >= 11 is 0. The maximum absolute atomic E-state index is 10.8. The molecule has 6 heteroatoms. The van der Waals surface area contributed by atoms with Crippen LogP contribution in [0.3, 0.4) is 0 Å². The zero-order valence-corrected chi connectivity index (χ0v) is 14.3. The molecule has 0 heterocycles. The van der Waals surface area contributed by atoms with Crippen LogP contribution < -0.4 is 10.6 Å². The van der Waals surface area contributed by atoms with Crippen LogP contribution in [0.1, 0.15) is 36.1 Å². The number of carboxylic acid groups (broad SMARTS) is 2. The molecular formula is C19H22N2O4. The van der Waals surface area contributed by atoms with Crippen LogP contribution >= 0.6 is 0 Å². The average Bonchev–Trinajstić information content (AvgIpc) is 2.56. The van der Waals surface area contributed by atoms with Crippen molar-refractivity contribution in [1.82, 2.24) is 0 Å². The molecule has 132 valence electrons. The van der Waals surface area contributed by atoms with Crippen LogP contribution in [-0.4, -0.2) is 22.4 Å². The normalized spacial score (nSPS) is 10.3. The molecule has 0 aliphatic rings. The van der Waals surface area contributed by atoms with E-state index in [4.69, 9.17) is 10.2 Å². The van der Waals surface area contributed by atoms with Crippen molar-refractivity contribution >= 4 is 23.6 Å². The van der Waals surface area contributed by atoms with Crippen molar-refractivity contribution in [2.24, 2.45) is 0 Å². The van der Waals surface area contributed by atoms with Crippen molar-refractivity contribution < 1.29 is 19.8 Å². The van der Waals surface area contributed by atoms with E-state index in [1.165, 1.54) is 0 Å². The number of amides is 2. The number of rotatable bonds is 6. The molecule has 0 saturated carbocycles. The Labute approximate surface area is 146 Å². The molecule has 4 N–H and O–H groups in total. The van der Waals surface area contributed by atoms with Gasteiger partial charge in [0.05, 0.1) is 0 Å². The maximum atomic E-state index is 10.8. The lowest BCUT2D eigenvalue weighted by Crippen LogP contribution is -2.10. The Morgan fingerprint density at radius 1 is 0.800 bits per heavy atom. The van der Waals surface area contributed by atoms with Crippen molar-refractivity contribution in [3.8, 4) is 0 Å². The number of aryl methyl sites for hydroxylation is 2. The molecule has 0 saturated heterocycles. The van der Waals surface area contributed by atoms with E-state index in [1.54, 1.807) is 12.1 Å². The van der Waals surface area contributed by atoms with Gasteiger partial charge in [0, 0.05) is 11.4 Å². The zero-order valence-electron chi connectivity index (χ0n) is 14.3. The number of benzene rings is 2. The van der Waals surface area contributed by atoms with Gasteiger partial charge in [-0.15, -0.1) is 0 Å². The van der Waals surface area contributed by atoms with Crippen LogP contribution in [0, 0.1) is 0 Å². The van der Waals surface area contributed by atoms with Gasteiger partial charge in [0.25, 0.3) is 0 Å². The van der Waals surface area contributed by atoms with Crippen LogP contribution in [0.15, 0.2) is 36.4 Å². The van der Waals surface area contributed by atoms with E-state index in [0.717, 1.165) is 35.1 Å². The largest absolute Gasteiger partial charge is 0.465 e. The van der Waals surface area contributed by atoms with Gasteiger partial charge in [-0.1, -0.05) is 38.1 Å². The Hall–Kier alpha value is -3.02. The smallest absolute Gasteiger partial charge is 0.409 e. The molecule has 2 aromatic carbocycles. The first-order valence-electron chi connectivity index (χ1n) is 8.16. The first-order chi connectivity index (χ1) is 11.9. The van der Waals surface area contributed by atoms with E-state index in [1.807, 2.05) is 38.1 Å². The minimum atomic E-state index is -1.07. The van der Waals surface area contributed by atoms with Gasteiger partial charge in [0.1, 0.15) is 0 Å². The molecule has 2 rings (SSSR count). The van der Waals surface area contributed by atoms with Crippen LogP contribution in [0.25, 0.3) is 0 Å². The minimum absolute atomic E-state index is 0.606. The molecule has 25 heavy (non-hydrogen) atoms. The standard InChI is InChI=1S/C19H22N2O4/c1-3-14-10-12(5-7-16(14)20-18(22)23)9-13-6-8-17(21-19(24)25)15(4-2)11-13/h5-8,10-11,20-21H,3-4,9H2,1-2H3,(H,22,23)(H,24,25). The predicted octanol–water partition coefficient (Wildman–Crippen LogP) is 4.58. The van der Waals surface area contributed by atoms with Crippen LogP contribution in [-0.2, 0) is 19.3 Å². The lowest BCUT2D eigenvalue weighted by molar-refractivity contribution is 0.208. The Kier molecular flexibility index (Phi) is 6.00. The van der Waals surface area contributed by atoms with Crippen molar-refractivity contribution in [2.75, 3.05) is 10.6 Å². The van der Waals surface area contributed by atoms with Gasteiger partial charge in [0.2, 0.25) is 0 Å². The monoisotopic (exact) mass is 342 g/mol. The second kappa shape index (κ2) is 8.19. The molecule has 0 aliphatic heterocycles. The second-order valence-electron chi connectivity index (χ2n) is 5.73. The summed E-state index contributed by atoms with van der Waals surface area (Å²) in [6.45, 7) is 3.96. The Balaban J connectivity index is 2.24. The quantitative estimate of drug-likeness (QED) is 0.617. The first kappa shape index (κ1) is 18.3. The Bertz CT molecular complexity index is 721. The summed E-state index contributed by atoms with van der Waals surface area (Å²) in [4.78, 5) is 21.7. The van der Waals surface area contributed by atoms with Crippen molar-refractivity contribution in [3.05, 3.63) is 58.7 Å². The van der Waals surface area contributed by atoms with E-state index >= 15 is 0 Å². The topological polar surface area (TPSA) is 98.7 Å². The Morgan fingerprint density at radius 3 is 1.52 bits per heavy atom. The maximum Gasteiger partial charge on any atom is 0.409 e. The summed E-state index contributed by atoms with van der Waals surface area (Å²) in [5.74, 6) is 0. The summed E-state index contributed by atoms with van der Waals surface area (Å²) in [7, 11) is 0. The van der Waals surface area contributed by atoms with Crippen molar-refractivity contribution in [2.45, 2.75) is 33.1 Å². The third-order valence-corrected chi connectivity index (χ3v) is 3.99. The fourth-order valence-electron chi connectivity index (χ4n) is 2.81. The summed E-state index contributed by atoms with van der Waals surface area (Å²) in [5.41, 5.74) is 5.25. The van der Waals surface area contributed by atoms with E-state index in [2.05, 4.69) is 10.6 Å². The van der Waals surface area contributed by atoms with Crippen LogP contribution in [0.2, 0.25) is 0 Å². The minimum Gasteiger partial charge on any atom is -0.465 e. The first-order valence-corrected chi connectivity index (χ1v) is 8.16. The third kappa shape index (κ3) is 4.97. The highest BCUT2D eigenvalue weighted by Gasteiger charge is 2.08.